The van der Waals surface area contributed by atoms with Crippen LogP contribution in [-0.4, -0.2) is 27.7 Å². The first kappa shape index (κ1) is 13.1. The lowest BCUT2D eigenvalue weighted by Crippen LogP contribution is -2.10. The van der Waals surface area contributed by atoms with Gasteiger partial charge in [0, 0.05) is 12.8 Å². The summed E-state index contributed by atoms with van der Waals surface area (Å²) < 4.78 is 7.36. The lowest BCUT2D eigenvalue weighted by Gasteiger charge is -2.06. The number of imidazole rings is 1. The summed E-state index contributed by atoms with van der Waals surface area (Å²) in [5.41, 5.74) is 7.32. The number of unbranched alkanes of at least 4 members (excludes halogenated alkanes) is 1. The average Bonchev–Trinajstić information content (AvgIpc) is 2.64. The van der Waals surface area contributed by atoms with Gasteiger partial charge in [-0.1, -0.05) is 24.9 Å². The van der Waals surface area contributed by atoms with Crippen molar-refractivity contribution in [3.05, 3.63) is 17.3 Å². The zero-order valence-corrected chi connectivity index (χ0v) is 11.2. The Morgan fingerprint density at radius 3 is 3.06 bits per heavy atom. The van der Waals surface area contributed by atoms with Gasteiger partial charge in [-0.2, -0.15) is 0 Å². The van der Waals surface area contributed by atoms with Gasteiger partial charge < -0.3 is 10.5 Å². The maximum atomic E-state index is 5.86. The third kappa shape index (κ3) is 2.91. The molecule has 18 heavy (non-hydrogen) atoms. The molecule has 0 radical (unpaired) electrons. The fourth-order valence-electron chi connectivity index (χ4n) is 1.73. The highest BCUT2D eigenvalue weighted by Gasteiger charge is 2.09. The molecule has 2 aromatic rings. The van der Waals surface area contributed by atoms with Crippen LogP contribution in [-0.2, 0) is 11.3 Å². The summed E-state index contributed by atoms with van der Waals surface area (Å²) in [7, 11) is 0. The molecule has 0 atom stereocenters. The molecule has 0 aliphatic heterocycles. The van der Waals surface area contributed by atoms with Gasteiger partial charge in [0.05, 0.1) is 18.2 Å². The third-order valence-electron chi connectivity index (χ3n) is 2.68. The van der Waals surface area contributed by atoms with Crippen LogP contribution in [0.25, 0.3) is 11.2 Å². The number of halogens is 1. The van der Waals surface area contributed by atoms with Gasteiger partial charge in [-0.3, -0.25) is 4.57 Å². The van der Waals surface area contributed by atoms with E-state index in [4.69, 9.17) is 22.1 Å². The number of rotatable bonds is 6. The molecular formula is C12H17ClN4O. The number of nitrogens with zero attached hydrogens (tertiary/aromatic N) is 3. The Hall–Kier alpha value is -1.33. The molecule has 2 aromatic heterocycles. The molecule has 0 aliphatic rings. The van der Waals surface area contributed by atoms with Crippen LogP contribution in [0.1, 0.15) is 19.8 Å². The first-order valence-electron chi connectivity index (χ1n) is 6.07. The summed E-state index contributed by atoms with van der Waals surface area (Å²) in [5.74, 6) is 0.443. The highest BCUT2D eigenvalue weighted by Crippen LogP contribution is 2.18. The number of anilines is 1. The first-order valence-corrected chi connectivity index (χ1v) is 6.45. The SMILES string of the molecule is CCCCOCCn1c(N)nc2cc(Cl)cnc21. The fraction of sp³-hybridized carbons (Fsp3) is 0.500. The second kappa shape index (κ2) is 6.02. The largest absolute Gasteiger partial charge is 0.380 e. The van der Waals surface area contributed by atoms with Crippen LogP contribution >= 0.6 is 11.6 Å². The minimum absolute atomic E-state index is 0.443. The van der Waals surface area contributed by atoms with Gasteiger partial charge in [-0.05, 0) is 12.5 Å². The van der Waals surface area contributed by atoms with Crippen LogP contribution in [0.15, 0.2) is 12.3 Å². The number of hydrogen-bond donors (Lipinski definition) is 1. The van der Waals surface area contributed by atoms with Gasteiger partial charge in [0.1, 0.15) is 5.52 Å². The average molecular weight is 269 g/mol. The van der Waals surface area contributed by atoms with Crippen LogP contribution in [0.3, 0.4) is 0 Å². The van der Waals surface area contributed by atoms with E-state index in [2.05, 4.69) is 16.9 Å². The highest BCUT2D eigenvalue weighted by molar-refractivity contribution is 6.31. The Morgan fingerprint density at radius 2 is 2.28 bits per heavy atom. The standard InChI is InChI=1S/C12H17ClN4O/c1-2-3-5-18-6-4-17-11-10(16-12(17)14)7-9(13)8-15-11/h7-8H,2-6H2,1H3,(H2,14,16). The molecule has 98 valence electrons. The number of fused-ring (bicyclic) bond motifs is 1. The number of ether oxygens (including phenoxy) is 1. The van der Waals surface area contributed by atoms with Crippen LogP contribution in [0.5, 0.6) is 0 Å². The van der Waals surface area contributed by atoms with Crippen molar-refractivity contribution < 1.29 is 4.74 Å². The van der Waals surface area contributed by atoms with Gasteiger partial charge in [0.2, 0.25) is 5.95 Å². The number of nitrogen functional groups attached to an aromatic ring is 1. The summed E-state index contributed by atoms with van der Waals surface area (Å²) >= 11 is 5.86. The second-order valence-electron chi connectivity index (χ2n) is 4.08. The number of hydrogen-bond acceptors (Lipinski definition) is 4. The molecular weight excluding hydrogens is 252 g/mol. The monoisotopic (exact) mass is 268 g/mol. The zero-order chi connectivity index (χ0) is 13.0. The summed E-state index contributed by atoms with van der Waals surface area (Å²) in [5, 5.41) is 0.561. The zero-order valence-electron chi connectivity index (χ0n) is 10.4. The molecule has 0 aromatic carbocycles. The second-order valence-corrected chi connectivity index (χ2v) is 4.52. The van der Waals surface area contributed by atoms with E-state index in [0.29, 0.717) is 29.6 Å². The molecule has 0 saturated carbocycles. The van der Waals surface area contributed by atoms with Crippen molar-refractivity contribution in [2.75, 3.05) is 18.9 Å². The number of pyridine rings is 1. The first-order chi connectivity index (χ1) is 8.72. The van der Waals surface area contributed by atoms with Gasteiger partial charge in [-0.15, -0.1) is 0 Å². The third-order valence-corrected chi connectivity index (χ3v) is 2.89. The van der Waals surface area contributed by atoms with Crippen LogP contribution in [0, 0.1) is 0 Å². The van der Waals surface area contributed by atoms with Gasteiger partial charge in [-0.25, -0.2) is 9.97 Å². The molecule has 2 rings (SSSR count). The lowest BCUT2D eigenvalue weighted by molar-refractivity contribution is 0.124. The molecule has 6 heteroatoms. The Kier molecular flexibility index (Phi) is 4.38. The van der Waals surface area contributed by atoms with Crippen LogP contribution in [0.4, 0.5) is 5.95 Å². The van der Waals surface area contributed by atoms with E-state index >= 15 is 0 Å². The number of aromatic nitrogens is 3. The van der Waals surface area contributed by atoms with E-state index in [9.17, 15) is 0 Å². The van der Waals surface area contributed by atoms with Crippen LogP contribution in [0.2, 0.25) is 5.02 Å². The van der Waals surface area contributed by atoms with E-state index in [1.807, 2.05) is 4.57 Å². The van der Waals surface area contributed by atoms with Crippen LogP contribution < -0.4 is 5.73 Å². The Balaban J connectivity index is 2.05. The molecule has 0 fully saturated rings. The molecule has 0 unspecified atom stereocenters. The molecule has 0 aliphatic carbocycles. The van der Waals surface area contributed by atoms with Gasteiger partial charge in [0.15, 0.2) is 5.65 Å². The van der Waals surface area contributed by atoms with Crippen molar-refractivity contribution in [1.29, 1.82) is 0 Å². The van der Waals surface area contributed by atoms with Crippen molar-refractivity contribution in [2.45, 2.75) is 26.3 Å². The Labute approximate surface area is 111 Å². The van der Waals surface area contributed by atoms with Gasteiger partial charge in [0.25, 0.3) is 0 Å². The molecule has 2 heterocycles. The molecule has 2 N–H and O–H groups in total. The minimum Gasteiger partial charge on any atom is -0.380 e. The topological polar surface area (TPSA) is 66.0 Å². The minimum atomic E-state index is 0.443. The summed E-state index contributed by atoms with van der Waals surface area (Å²) in [6, 6.07) is 1.76. The van der Waals surface area contributed by atoms with E-state index < -0.39 is 0 Å². The van der Waals surface area contributed by atoms with Crippen molar-refractivity contribution >= 4 is 28.7 Å². The number of nitrogens with two attached hydrogens (primary N) is 1. The van der Waals surface area contributed by atoms with Crippen molar-refractivity contribution in [2.24, 2.45) is 0 Å². The predicted molar refractivity (Wildman–Crippen MR) is 72.7 cm³/mol. The maximum Gasteiger partial charge on any atom is 0.202 e. The van der Waals surface area contributed by atoms with E-state index in [-0.39, 0.29) is 0 Å². The normalized spacial score (nSPS) is 11.2. The quantitative estimate of drug-likeness (QED) is 0.818. The lowest BCUT2D eigenvalue weighted by atomic mass is 10.4. The fourth-order valence-corrected chi connectivity index (χ4v) is 1.88. The molecule has 0 spiro atoms. The summed E-state index contributed by atoms with van der Waals surface area (Å²) in [4.78, 5) is 8.48. The molecule has 0 saturated heterocycles. The molecule has 0 bridgehead atoms. The smallest absolute Gasteiger partial charge is 0.202 e. The van der Waals surface area contributed by atoms with E-state index in [1.165, 1.54) is 0 Å². The van der Waals surface area contributed by atoms with E-state index in [0.717, 1.165) is 25.1 Å². The molecule has 5 nitrogen and oxygen atoms in total. The Bertz CT molecular complexity index is 526. The van der Waals surface area contributed by atoms with Crippen molar-refractivity contribution in [3.8, 4) is 0 Å². The predicted octanol–water partition coefficient (Wildman–Crippen LogP) is 2.48. The highest BCUT2D eigenvalue weighted by atomic mass is 35.5. The van der Waals surface area contributed by atoms with Gasteiger partial charge >= 0.3 is 0 Å². The van der Waals surface area contributed by atoms with E-state index in [1.54, 1.807) is 12.3 Å². The summed E-state index contributed by atoms with van der Waals surface area (Å²) in [6.07, 6.45) is 3.81. The van der Waals surface area contributed by atoms with Crippen molar-refractivity contribution in [3.63, 3.8) is 0 Å². The van der Waals surface area contributed by atoms with Crippen molar-refractivity contribution in [1.82, 2.24) is 14.5 Å². The maximum absolute atomic E-state index is 5.86. The molecule has 0 amide bonds. The summed E-state index contributed by atoms with van der Waals surface area (Å²) in [6.45, 7) is 4.18. The Morgan fingerprint density at radius 1 is 1.44 bits per heavy atom.